The molecule has 0 bridgehead atoms. The molecule has 1 atom stereocenters. The first-order chi connectivity index (χ1) is 12.0. The third-order valence-electron chi connectivity index (χ3n) is 4.15. The second kappa shape index (κ2) is 7.70. The van der Waals surface area contributed by atoms with E-state index in [1.54, 1.807) is 11.9 Å². The standard InChI is InChI=1S/C19H19BrN2O3/c1-22(15-5-3-2-4-6-15)18(23)9-10-21-19(24)17-12-13-11-14(20)7-8-16(13)25-17/h2-8,11,17H,9-10,12H2,1H3,(H,21,24). The lowest BCUT2D eigenvalue weighted by atomic mass is 10.1. The van der Waals surface area contributed by atoms with Gasteiger partial charge in [0.25, 0.3) is 5.91 Å². The number of rotatable bonds is 5. The Hall–Kier alpha value is -2.34. The molecular weight excluding hydrogens is 384 g/mol. The van der Waals surface area contributed by atoms with Crippen LogP contribution in [0.2, 0.25) is 0 Å². The van der Waals surface area contributed by atoms with E-state index in [0.717, 1.165) is 21.5 Å². The van der Waals surface area contributed by atoms with Crippen LogP contribution in [0.4, 0.5) is 5.69 Å². The van der Waals surface area contributed by atoms with Gasteiger partial charge in [-0.1, -0.05) is 34.1 Å². The third-order valence-corrected chi connectivity index (χ3v) is 4.64. The second-order valence-corrected chi connectivity index (χ2v) is 6.81. The molecule has 0 fully saturated rings. The van der Waals surface area contributed by atoms with Gasteiger partial charge in [0.05, 0.1) is 0 Å². The summed E-state index contributed by atoms with van der Waals surface area (Å²) < 4.78 is 6.63. The Morgan fingerprint density at radius 1 is 1.24 bits per heavy atom. The smallest absolute Gasteiger partial charge is 0.261 e. The van der Waals surface area contributed by atoms with E-state index in [4.69, 9.17) is 4.74 Å². The predicted octanol–water partition coefficient (Wildman–Crippen LogP) is 2.92. The van der Waals surface area contributed by atoms with Gasteiger partial charge in [-0.05, 0) is 35.9 Å². The highest BCUT2D eigenvalue weighted by molar-refractivity contribution is 9.10. The number of carbonyl (C=O) groups excluding carboxylic acids is 2. The molecule has 130 valence electrons. The normalized spacial score (nSPS) is 15.2. The first-order valence-electron chi connectivity index (χ1n) is 8.09. The molecule has 1 aliphatic heterocycles. The topological polar surface area (TPSA) is 58.6 Å². The molecule has 1 aliphatic rings. The van der Waals surface area contributed by atoms with Crippen LogP contribution in [0.15, 0.2) is 53.0 Å². The van der Waals surface area contributed by atoms with Gasteiger partial charge in [0.2, 0.25) is 5.91 Å². The summed E-state index contributed by atoms with van der Waals surface area (Å²) in [5.41, 5.74) is 1.84. The zero-order chi connectivity index (χ0) is 17.8. The molecule has 0 radical (unpaired) electrons. The van der Waals surface area contributed by atoms with Crippen molar-refractivity contribution in [2.75, 3.05) is 18.5 Å². The van der Waals surface area contributed by atoms with Gasteiger partial charge in [-0.15, -0.1) is 0 Å². The van der Waals surface area contributed by atoms with Crippen molar-refractivity contribution in [3.63, 3.8) is 0 Å². The van der Waals surface area contributed by atoms with E-state index in [-0.39, 0.29) is 24.8 Å². The number of hydrogen-bond donors (Lipinski definition) is 1. The first kappa shape index (κ1) is 17.5. The van der Waals surface area contributed by atoms with Crippen molar-refractivity contribution in [2.45, 2.75) is 18.9 Å². The van der Waals surface area contributed by atoms with Gasteiger partial charge < -0.3 is 15.0 Å². The van der Waals surface area contributed by atoms with Crippen LogP contribution in [0, 0.1) is 0 Å². The molecule has 6 heteroatoms. The number of nitrogens with one attached hydrogen (secondary N) is 1. The molecule has 0 spiro atoms. The summed E-state index contributed by atoms with van der Waals surface area (Å²) in [6.45, 7) is 0.286. The van der Waals surface area contributed by atoms with Gasteiger partial charge in [0.15, 0.2) is 6.10 Å². The molecule has 1 N–H and O–H groups in total. The largest absolute Gasteiger partial charge is 0.480 e. The minimum absolute atomic E-state index is 0.0499. The van der Waals surface area contributed by atoms with Crippen LogP contribution >= 0.6 is 15.9 Å². The van der Waals surface area contributed by atoms with Crippen LogP contribution in [0.1, 0.15) is 12.0 Å². The van der Waals surface area contributed by atoms with Gasteiger partial charge in [-0.3, -0.25) is 9.59 Å². The number of nitrogens with zero attached hydrogens (tertiary/aromatic N) is 1. The predicted molar refractivity (Wildman–Crippen MR) is 99.7 cm³/mol. The van der Waals surface area contributed by atoms with Crippen LogP contribution in [0.25, 0.3) is 0 Å². The average Bonchev–Trinajstić information content (AvgIpc) is 3.04. The third kappa shape index (κ3) is 4.20. The fraction of sp³-hybridized carbons (Fsp3) is 0.263. The number of hydrogen-bond acceptors (Lipinski definition) is 3. The van der Waals surface area contributed by atoms with Crippen molar-refractivity contribution in [1.82, 2.24) is 5.32 Å². The van der Waals surface area contributed by atoms with Gasteiger partial charge in [-0.25, -0.2) is 0 Å². The summed E-state index contributed by atoms with van der Waals surface area (Å²) in [6, 6.07) is 15.1. The number of halogens is 1. The summed E-state index contributed by atoms with van der Waals surface area (Å²) in [6.07, 6.45) is 0.243. The molecule has 1 unspecified atom stereocenters. The van der Waals surface area contributed by atoms with Crippen molar-refractivity contribution in [1.29, 1.82) is 0 Å². The summed E-state index contributed by atoms with van der Waals surface area (Å²) >= 11 is 3.41. The van der Waals surface area contributed by atoms with E-state index in [0.29, 0.717) is 6.42 Å². The molecule has 0 aliphatic carbocycles. The summed E-state index contributed by atoms with van der Waals surface area (Å²) in [4.78, 5) is 26.0. The number of ether oxygens (including phenoxy) is 1. The molecule has 0 saturated carbocycles. The maximum absolute atomic E-state index is 12.2. The van der Waals surface area contributed by atoms with Crippen LogP contribution in [0.5, 0.6) is 5.75 Å². The monoisotopic (exact) mass is 402 g/mol. The molecule has 25 heavy (non-hydrogen) atoms. The molecule has 1 heterocycles. The van der Waals surface area contributed by atoms with Crippen LogP contribution in [-0.2, 0) is 16.0 Å². The number of para-hydroxylation sites is 1. The second-order valence-electron chi connectivity index (χ2n) is 5.89. The highest BCUT2D eigenvalue weighted by Gasteiger charge is 2.29. The number of amides is 2. The van der Waals surface area contributed by atoms with Crippen LogP contribution in [0.3, 0.4) is 0 Å². The van der Waals surface area contributed by atoms with Crippen molar-refractivity contribution < 1.29 is 14.3 Å². The minimum atomic E-state index is -0.536. The van der Waals surface area contributed by atoms with Crippen LogP contribution in [-0.4, -0.2) is 31.5 Å². The van der Waals surface area contributed by atoms with Crippen molar-refractivity contribution in [2.24, 2.45) is 0 Å². The van der Waals surface area contributed by atoms with E-state index in [2.05, 4.69) is 21.2 Å². The quantitative estimate of drug-likeness (QED) is 0.836. The fourth-order valence-electron chi connectivity index (χ4n) is 2.73. The Bertz CT molecular complexity index is 779. The Balaban J connectivity index is 1.46. The first-order valence-corrected chi connectivity index (χ1v) is 8.88. The zero-order valence-electron chi connectivity index (χ0n) is 13.9. The minimum Gasteiger partial charge on any atom is -0.480 e. The lowest BCUT2D eigenvalue weighted by molar-refractivity contribution is -0.127. The van der Waals surface area contributed by atoms with Gasteiger partial charge in [-0.2, -0.15) is 0 Å². The summed E-state index contributed by atoms with van der Waals surface area (Å²) in [5.74, 6) is 0.497. The lowest BCUT2D eigenvalue weighted by Crippen LogP contribution is -2.39. The maximum atomic E-state index is 12.2. The summed E-state index contributed by atoms with van der Waals surface area (Å²) in [7, 11) is 1.73. The zero-order valence-corrected chi connectivity index (χ0v) is 15.5. The molecule has 2 aromatic rings. The molecule has 3 rings (SSSR count). The van der Waals surface area contributed by atoms with E-state index < -0.39 is 6.10 Å². The maximum Gasteiger partial charge on any atom is 0.261 e. The molecule has 2 aromatic carbocycles. The Kier molecular flexibility index (Phi) is 5.38. The highest BCUT2D eigenvalue weighted by atomic mass is 79.9. The van der Waals surface area contributed by atoms with Crippen molar-refractivity contribution in [3.8, 4) is 5.75 Å². The average molecular weight is 403 g/mol. The van der Waals surface area contributed by atoms with E-state index in [1.807, 2.05) is 48.5 Å². The SMILES string of the molecule is CN(C(=O)CCNC(=O)C1Cc2cc(Br)ccc2O1)c1ccccc1. The molecule has 5 nitrogen and oxygen atoms in total. The summed E-state index contributed by atoms with van der Waals surface area (Å²) in [5, 5.41) is 2.79. The molecule has 0 aromatic heterocycles. The van der Waals surface area contributed by atoms with Gasteiger partial charge in [0, 0.05) is 36.6 Å². The number of benzene rings is 2. The fourth-order valence-corrected chi connectivity index (χ4v) is 3.14. The van der Waals surface area contributed by atoms with E-state index >= 15 is 0 Å². The van der Waals surface area contributed by atoms with Crippen molar-refractivity contribution >= 4 is 33.4 Å². The van der Waals surface area contributed by atoms with Gasteiger partial charge >= 0.3 is 0 Å². The highest BCUT2D eigenvalue weighted by Crippen LogP contribution is 2.31. The van der Waals surface area contributed by atoms with Crippen molar-refractivity contribution in [3.05, 3.63) is 58.6 Å². The Morgan fingerprint density at radius 2 is 2.00 bits per heavy atom. The number of carbonyl (C=O) groups is 2. The number of anilines is 1. The lowest BCUT2D eigenvalue weighted by Gasteiger charge is -2.17. The molecule has 2 amide bonds. The Labute approximate surface area is 155 Å². The van der Waals surface area contributed by atoms with Gasteiger partial charge in [0.1, 0.15) is 5.75 Å². The Morgan fingerprint density at radius 3 is 2.76 bits per heavy atom. The van der Waals surface area contributed by atoms with E-state index in [9.17, 15) is 9.59 Å². The molecular formula is C19H19BrN2O3. The van der Waals surface area contributed by atoms with E-state index in [1.165, 1.54) is 0 Å². The number of fused-ring (bicyclic) bond motifs is 1. The van der Waals surface area contributed by atoms with Crippen LogP contribution < -0.4 is 15.0 Å². The molecule has 0 saturated heterocycles.